The third-order valence-electron chi connectivity index (χ3n) is 5.37. The lowest BCUT2D eigenvalue weighted by atomic mass is 9.98. The molecule has 0 spiro atoms. The topological polar surface area (TPSA) is 92.5 Å². The smallest absolute Gasteiger partial charge is 0.475 e. The predicted octanol–water partition coefficient (Wildman–Crippen LogP) is 2.59. The van der Waals surface area contributed by atoms with Gasteiger partial charge in [0, 0.05) is 19.1 Å². The number of alkyl halides is 3. The van der Waals surface area contributed by atoms with E-state index in [4.69, 9.17) is 23.9 Å². The molecule has 168 valence electrons. The lowest BCUT2D eigenvalue weighted by molar-refractivity contribution is -0.213. The number of furan rings is 1. The van der Waals surface area contributed by atoms with Gasteiger partial charge in [0.05, 0.1) is 25.5 Å². The van der Waals surface area contributed by atoms with Crippen LogP contribution >= 0.6 is 0 Å². The van der Waals surface area contributed by atoms with Gasteiger partial charge in [-0.2, -0.15) is 13.2 Å². The number of likely N-dealkylation sites (tertiary alicyclic amines) is 1. The van der Waals surface area contributed by atoms with Gasteiger partial charge in [-0.1, -0.05) is 0 Å². The van der Waals surface area contributed by atoms with Crippen LogP contribution in [0.1, 0.15) is 37.9 Å². The minimum atomic E-state index is -5.08. The van der Waals surface area contributed by atoms with Crippen molar-refractivity contribution in [3.63, 3.8) is 0 Å². The van der Waals surface area contributed by atoms with Gasteiger partial charge in [0.25, 0.3) is 5.91 Å². The molecule has 0 aliphatic carbocycles. The molecule has 4 heterocycles. The molecule has 1 aromatic heterocycles. The molecule has 4 rings (SSSR count). The molecule has 0 bridgehead atoms. The molecular weight excluding hydrogens is 409 g/mol. The van der Waals surface area contributed by atoms with Crippen molar-refractivity contribution in [2.75, 3.05) is 19.7 Å². The minimum absolute atomic E-state index is 0.00707. The molecule has 1 amide bonds. The van der Waals surface area contributed by atoms with E-state index in [1.54, 1.807) is 6.26 Å². The minimum Gasteiger partial charge on any atom is -0.475 e. The van der Waals surface area contributed by atoms with E-state index in [0.29, 0.717) is 19.2 Å². The maximum Gasteiger partial charge on any atom is 0.490 e. The van der Waals surface area contributed by atoms with Gasteiger partial charge in [0.2, 0.25) is 0 Å². The summed E-state index contributed by atoms with van der Waals surface area (Å²) in [6, 6.07) is 4.33. The second-order valence-electron chi connectivity index (χ2n) is 7.43. The van der Waals surface area contributed by atoms with Crippen LogP contribution in [0.5, 0.6) is 0 Å². The molecule has 11 heteroatoms. The Morgan fingerprint density at radius 1 is 1.17 bits per heavy atom. The Hall–Kier alpha value is -2.11. The summed E-state index contributed by atoms with van der Waals surface area (Å²) in [5, 5.41) is 8.64. The largest absolute Gasteiger partial charge is 0.490 e. The summed E-state index contributed by atoms with van der Waals surface area (Å²) in [5.74, 6) is -1.76. The van der Waals surface area contributed by atoms with Crippen LogP contribution in [0, 0.1) is 0 Å². The van der Waals surface area contributed by atoms with Crippen molar-refractivity contribution in [1.29, 1.82) is 0 Å². The Kier molecular flexibility index (Phi) is 7.37. The Morgan fingerprint density at radius 3 is 2.53 bits per heavy atom. The van der Waals surface area contributed by atoms with Gasteiger partial charge in [-0.3, -0.25) is 14.5 Å². The highest BCUT2D eigenvalue weighted by atomic mass is 19.4. The summed E-state index contributed by atoms with van der Waals surface area (Å²) < 4.78 is 43.3. The first-order valence-electron chi connectivity index (χ1n) is 9.92. The fourth-order valence-electron chi connectivity index (χ4n) is 3.93. The number of carbonyl (C=O) groups excluding carboxylic acids is 1. The second kappa shape index (κ2) is 9.80. The molecule has 3 aliphatic rings. The van der Waals surface area contributed by atoms with E-state index < -0.39 is 12.1 Å². The number of ether oxygens (including phenoxy) is 1. The molecule has 3 atom stereocenters. The second-order valence-corrected chi connectivity index (χ2v) is 7.43. The molecule has 8 nitrogen and oxygen atoms in total. The van der Waals surface area contributed by atoms with Crippen LogP contribution < -0.4 is 0 Å². The molecule has 3 fully saturated rings. The SMILES string of the molecule is O=C(O)C(F)(F)F.O=C([C@@H]1CC[C@@H]2[C@@H](CCN2Cc2ccco2)O1)N1CCCCO1. The monoisotopic (exact) mass is 434 g/mol. The quantitative estimate of drug-likeness (QED) is 0.782. The van der Waals surface area contributed by atoms with E-state index in [-0.39, 0.29) is 18.1 Å². The number of nitrogens with zero attached hydrogens (tertiary/aromatic N) is 2. The fourth-order valence-corrected chi connectivity index (χ4v) is 3.93. The van der Waals surface area contributed by atoms with Gasteiger partial charge in [-0.25, -0.2) is 9.86 Å². The van der Waals surface area contributed by atoms with Crippen molar-refractivity contribution in [1.82, 2.24) is 9.96 Å². The van der Waals surface area contributed by atoms with Crippen LogP contribution in [0.15, 0.2) is 22.8 Å². The first-order chi connectivity index (χ1) is 14.3. The number of hydrogen-bond donors (Lipinski definition) is 1. The van der Waals surface area contributed by atoms with Crippen molar-refractivity contribution in [2.45, 2.75) is 63.1 Å². The molecule has 1 aromatic rings. The predicted molar refractivity (Wildman–Crippen MR) is 96.0 cm³/mol. The van der Waals surface area contributed by atoms with Crippen molar-refractivity contribution >= 4 is 11.9 Å². The number of amides is 1. The normalized spacial score (nSPS) is 27.2. The maximum absolute atomic E-state index is 12.5. The Labute approximate surface area is 171 Å². The van der Waals surface area contributed by atoms with Gasteiger partial charge in [-0.15, -0.1) is 0 Å². The van der Waals surface area contributed by atoms with Crippen LogP contribution in [0.4, 0.5) is 13.2 Å². The lowest BCUT2D eigenvalue weighted by Crippen LogP contribution is -2.49. The summed E-state index contributed by atoms with van der Waals surface area (Å²) in [7, 11) is 0. The maximum atomic E-state index is 12.5. The zero-order chi connectivity index (χ0) is 21.7. The number of hydroxylamine groups is 2. The highest BCUT2D eigenvalue weighted by Crippen LogP contribution is 2.33. The molecule has 1 N–H and O–H groups in total. The summed E-state index contributed by atoms with van der Waals surface area (Å²) >= 11 is 0. The molecule has 30 heavy (non-hydrogen) atoms. The number of hydrogen-bond acceptors (Lipinski definition) is 6. The van der Waals surface area contributed by atoms with Crippen LogP contribution in [-0.4, -0.2) is 71.1 Å². The zero-order valence-corrected chi connectivity index (χ0v) is 16.3. The molecular formula is C19H25F3N2O6. The van der Waals surface area contributed by atoms with Gasteiger partial charge in [0.1, 0.15) is 11.9 Å². The average molecular weight is 434 g/mol. The summed E-state index contributed by atoms with van der Waals surface area (Å²) in [5.41, 5.74) is 0. The zero-order valence-electron chi connectivity index (χ0n) is 16.3. The summed E-state index contributed by atoms with van der Waals surface area (Å²) in [4.78, 5) is 29.3. The Morgan fingerprint density at radius 2 is 1.93 bits per heavy atom. The van der Waals surface area contributed by atoms with Crippen molar-refractivity contribution < 1.29 is 41.9 Å². The molecule has 3 aliphatic heterocycles. The Bertz CT molecular complexity index is 706. The van der Waals surface area contributed by atoms with Crippen LogP contribution in [0.2, 0.25) is 0 Å². The number of aliphatic carboxylic acids is 1. The third-order valence-corrected chi connectivity index (χ3v) is 5.37. The number of carboxylic acids is 1. The number of rotatable bonds is 3. The first kappa shape index (κ1) is 22.6. The molecule has 0 radical (unpaired) electrons. The number of fused-ring (bicyclic) bond motifs is 1. The van der Waals surface area contributed by atoms with Crippen molar-refractivity contribution in [3.8, 4) is 0 Å². The summed E-state index contributed by atoms with van der Waals surface area (Å²) in [6.07, 6.45) is 1.24. The van der Waals surface area contributed by atoms with E-state index >= 15 is 0 Å². The standard InChI is InChI=1S/C17H24N2O4.C2HF3O2/c20-17(19-8-1-2-11-22-19)16-6-5-14-15(23-16)7-9-18(14)12-13-4-3-10-21-13;3-2(4,5)1(6)7/h3-4,10,14-16H,1-2,5-9,11-12H2;(H,6,7)/t14-,15-,16+;/m1./s1. The highest BCUT2D eigenvalue weighted by Gasteiger charge is 2.43. The van der Waals surface area contributed by atoms with Gasteiger partial charge in [0.15, 0.2) is 0 Å². The number of carbonyl (C=O) groups is 2. The number of halogens is 3. The molecule has 3 saturated heterocycles. The van der Waals surface area contributed by atoms with Crippen molar-refractivity contribution in [2.24, 2.45) is 0 Å². The summed E-state index contributed by atoms with van der Waals surface area (Å²) in [6.45, 7) is 3.15. The van der Waals surface area contributed by atoms with E-state index in [0.717, 1.165) is 51.0 Å². The fraction of sp³-hybridized carbons (Fsp3) is 0.684. The van der Waals surface area contributed by atoms with Gasteiger partial charge < -0.3 is 14.3 Å². The van der Waals surface area contributed by atoms with E-state index in [9.17, 15) is 18.0 Å². The molecule has 0 aromatic carbocycles. The molecule has 0 unspecified atom stereocenters. The molecule has 0 saturated carbocycles. The van der Waals surface area contributed by atoms with E-state index in [2.05, 4.69) is 4.90 Å². The third kappa shape index (κ3) is 5.73. The highest BCUT2D eigenvalue weighted by molar-refractivity contribution is 5.80. The van der Waals surface area contributed by atoms with E-state index in [1.807, 2.05) is 12.1 Å². The van der Waals surface area contributed by atoms with Crippen LogP contribution in [0.25, 0.3) is 0 Å². The van der Waals surface area contributed by atoms with E-state index in [1.165, 1.54) is 5.06 Å². The average Bonchev–Trinajstić information content (AvgIpc) is 3.38. The first-order valence-corrected chi connectivity index (χ1v) is 9.92. The lowest BCUT2D eigenvalue weighted by Gasteiger charge is -2.37. The number of carboxylic acid groups (broad SMARTS) is 1. The van der Waals surface area contributed by atoms with Gasteiger partial charge in [-0.05, 0) is 44.2 Å². The van der Waals surface area contributed by atoms with Crippen LogP contribution in [-0.2, 0) is 25.7 Å². The Balaban J connectivity index is 0.000000318. The van der Waals surface area contributed by atoms with Crippen molar-refractivity contribution in [3.05, 3.63) is 24.2 Å². The van der Waals surface area contributed by atoms with Crippen LogP contribution in [0.3, 0.4) is 0 Å². The van der Waals surface area contributed by atoms with Gasteiger partial charge >= 0.3 is 12.1 Å².